The molecule has 1 aliphatic rings. The second-order valence-electron chi connectivity index (χ2n) is 7.00. The van der Waals surface area contributed by atoms with E-state index in [1.807, 2.05) is 0 Å². The molecular formula is C20H27F3N6O5. The summed E-state index contributed by atoms with van der Waals surface area (Å²) in [6.07, 6.45) is -4.41. The van der Waals surface area contributed by atoms with Crippen molar-refractivity contribution in [1.29, 1.82) is 0 Å². The largest absolute Gasteiger partial charge is 0.442 e. The van der Waals surface area contributed by atoms with Crippen LogP contribution in [-0.4, -0.2) is 71.5 Å². The van der Waals surface area contributed by atoms with Gasteiger partial charge in [-0.15, -0.1) is 10.2 Å². The van der Waals surface area contributed by atoms with Crippen LogP contribution >= 0.6 is 0 Å². The van der Waals surface area contributed by atoms with Crippen LogP contribution in [-0.2, 0) is 35.9 Å². The molecule has 1 amide bonds. The summed E-state index contributed by atoms with van der Waals surface area (Å²) in [4.78, 5) is 14.5. The van der Waals surface area contributed by atoms with Gasteiger partial charge in [0.2, 0.25) is 5.91 Å². The van der Waals surface area contributed by atoms with E-state index >= 15 is 0 Å². The van der Waals surface area contributed by atoms with Gasteiger partial charge in [-0.25, -0.2) is 0 Å². The number of halogens is 3. The summed E-state index contributed by atoms with van der Waals surface area (Å²) in [5.41, 5.74) is 6.27. The van der Waals surface area contributed by atoms with Gasteiger partial charge in [0.15, 0.2) is 0 Å². The van der Waals surface area contributed by atoms with Crippen molar-refractivity contribution < 1.29 is 36.9 Å². The predicted molar refractivity (Wildman–Crippen MR) is 113 cm³/mol. The molecule has 14 heteroatoms. The Morgan fingerprint density at radius 2 is 1.47 bits per heavy atom. The predicted octanol–water partition coefficient (Wildman–Crippen LogP) is 3.25. The van der Waals surface area contributed by atoms with Gasteiger partial charge in [0.25, 0.3) is 0 Å². The Kier molecular flexibility index (Phi) is 11.7. The topological polar surface area (TPSA) is 140 Å². The van der Waals surface area contributed by atoms with Gasteiger partial charge in [-0.3, -0.25) is 4.79 Å². The standard InChI is InChI=1S/C20H27F3N6O5/c21-20(22,23)19(27-28-19)17-3-1-16(2-4-17)15-25-18(30)5-7-31-9-11-33-13-14-34-12-10-32-8-6-26-29-24/h1-4H,5-15H2,(H,25,30). The normalized spacial score (nSPS) is 14.0. The van der Waals surface area contributed by atoms with Gasteiger partial charge in [-0.05, 0) is 11.1 Å². The van der Waals surface area contributed by atoms with Gasteiger partial charge in [0, 0.05) is 30.0 Å². The molecule has 0 bridgehead atoms. The van der Waals surface area contributed by atoms with Crippen LogP contribution in [0.1, 0.15) is 17.5 Å². The number of ether oxygens (including phenoxy) is 4. The first kappa shape index (κ1) is 27.5. The minimum Gasteiger partial charge on any atom is -0.379 e. The first-order valence-corrected chi connectivity index (χ1v) is 10.6. The molecule has 1 aromatic carbocycles. The second-order valence-corrected chi connectivity index (χ2v) is 7.00. The lowest BCUT2D eigenvalue weighted by molar-refractivity contribution is -0.166. The van der Waals surface area contributed by atoms with Crippen molar-refractivity contribution in [3.05, 3.63) is 45.8 Å². The molecular weight excluding hydrogens is 461 g/mol. The maximum Gasteiger partial charge on any atom is 0.442 e. The van der Waals surface area contributed by atoms with E-state index in [0.29, 0.717) is 51.8 Å². The van der Waals surface area contributed by atoms with Crippen LogP contribution in [0.25, 0.3) is 10.4 Å². The Hall–Kier alpha value is -2.77. The molecule has 34 heavy (non-hydrogen) atoms. The first-order valence-electron chi connectivity index (χ1n) is 10.6. The van der Waals surface area contributed by atoms with E-state index in [4.69, 9.17) is 24.5 Å². The number of carbonyl (C=O) groups excluding carboxylic acids is 1. The molecule has 0 atom stereocenters. The number of alkyl halides is 3. The average molecular weight is 488 g/mol. The van der Waals surface area contributed by atoms with Crippen molar-refractivity contribution in [2.75, 3.05) is 59.4 Å². The van der Waals surface area contributed by atoms with Crippen LogP contribution in [0.3, 0.4) is 0 Å². The molecule has 0 radical (unpaired) electrons. The van der Waals surface area contributed by atoms with Crippen molar-refractivity contribution in [3.8, 4) is 0 Å². The van der Waals surface area contributed by atoms with Gasteiger partial charge in [-0.1, -0.05) is 29.4 Å². The third kappa shape index (κ3) is 9.61. The summed E-state index contributed by atoms with van der Waals surface area (Å²) in [6.45, 7) is 3.36. The Morgan fingerprint density at radius 3 is 1.97 bits per heavy atom. The molecule has 0 aliphatic carbocycles. The highest BCUT2D eigenvalue weighted by molar-refractivity contribution is 5.75. The number of nitrogens with one attached hydrogen (secondary N) is 1. The van der Waals surface area contributed by atoms with Crippen molar-refractivity contribution in [2.45, 2.75) is 24.8 Å². The second kappa shape index (κ2) is 14.5. The van der Waals surface area contributed by atoms with Gasteiger partial charge >= 0.3 is 11.8 Å². The smallest absolute Gasteiger partial charge is 0.379 e. The van der Waals surface area contributed by atoms with Crippen molar-refractivity contribution in [1.82, 2.24) is 5.32 Å². The van der Waals surface area contributed by atoms with E-state index in [0.717, 1.165) is 0 Å². The molecule has 1 heterocycles. The van der Waals surface area contributed by atoms with E-state index in [1.165, 1.54) is 24.3 Å². The van der Waals surface area contributed by atoms with E-state index < -0.39 is 11.8 Å². The first-order chi connectivity index (χ1) is 16.4. The molecule has 0 unspecified atom stereocenters. The fourth-order valence-electron chi connectivity index (χ4n) is 2.66. The summed E-state index contributed by atoms with van der Waals surface area (Å²) in [5, 5.41) is 12.3. The Balaban J connectivity index is 1.42. The van der Waals surface area contributed by atoms with Crippen molar-refractivity contribution in [2.24, 2.45) is 15.3 Å². The Morgan fingerprint density at radius 1 is 0.941 bits per heavy atom. The molecule has 1 aliphatic heterocycles. The van der Waals surface area contributed by atoms with Crippen molar-refractivity contribution >= 4 is 5.91 Å². The average Bonchev–Trinajstić information content (AvgIpc) is 3.63. The highest BCUT2D eigenvalue weighted by atomic mass is 19.4. The number of hydrogen-bond acceptors (Lipinski definition) is 8. The van der Waals surface area contributed by atoms with Crippen LogP contribution < -0.4 is 5.32 Å². The van der Waals surface area contributed by atoms with Crippen molar-refractivity contribution in [3.63, 3.8) is 0 Å². The summed E-state index contributed by atoms with van der Waals surface area (Å²) < 4.78 is 60.1. The lowest BCUT2D eigenvalue weighted by Gasteiger charge is -2.15. The van der Waals surface area contributed by atoms with Crippen LogP contribution in [0.5, 0.6) is 0 Å². The number of benzene rings is 1. The number of azide groups is 1. The molecule has 1 N–H and O–H groups in total. The minimum absolute atomic E-state index is 0.0508. The number of carbonyl (C=O) groups is 1. The Labute approximate surface area is 194 Å². The highest BCUT2D eigenvalue weighted by Gasteiger charge is 2.65. The van der Waals surface area contributed by atoms with Gasteiger partial charge in [0.1, 0.15) is 0 Å². The molecule has 0 spiro atoms. The van der Waals surface area contributed by atoms with Gasteiger partial charge in [-0.2, -0.15) is 13.2 Å². The number of amides is 1. The molecule has 0 aromatic heterocycles. The molecule has 188 valence electrons. The lowest BCUT2D eigenvalue weighted by atomic mass is 10.0. The molecule has 0 saturated heterocycles. The monoisotopic (exact) mass is 488 g/mol. The van der Waals surface area contributed by atoms with E-state index in [-0.39, 0.29) is 37.6 Å². The quantitative estimate of drug-likeness (QED) is 0.146. The third-order valence-corrected chi connectivity index (χ3v) is 4.53. The zero-order chi connectivity index (χ0) is 24.7. The van der Waals surface area contributed by atoms with Gasteiger partial charge in [0.05, 0.1) is 52.9 Å². The summed E-state index contributed by atoms with van der Waals surface area (Å²) in [6, 6.07) is 5.63. The molecule has 0 fully saturated rings. The number of nitrogens with zero attached hydrogens (tertiary/aromatic N) is 5. The third-order valence-electron chi connectivity index (χ3n) is 4.53. The summed E-state index contributed by atoms with van der Waals surface area (Å²) in [5.74, 6) is -0.237. The van der Waals surface area contributed by atoms with Crippen LogP contribution in [0, 0.1) is 0 Å². The summed E-state index contributed by atoms with van der Waals surface area (Å²) >= 11 is 0. The summed E-state index contributed by atoms with van der Waals surface area (Å²) in [7, 11) is 0. The van der Waals surface area contributed by atoms with Crippen LogP contribution in [0.2, 0.25) is 0 Å². The number of rotatable bonds is 18. The van der Waals surface area contributed by atoms with Crippen LogP contribution in [0.15, 0.2) is 39.6 Å². The molecule has 0 saturated carbocycles. The molecule has 1 aromatic rings. The van der Waals surface area contributed by atoms with Gasteiger partial charge < -0.3 is 24.3 Å². The molecule has 2 rings (SSSR count). The lowest BCUT2D eigenvalue weighted by Crippen LogP contribution is -2.30. The minimum atomic E-state index is -4.56. The zero-order valence-electron chi connectivity index (χ0n) is 18.5. The van der Waals surface area contributed by atoms with E-state index in [9.17, 15) is 18.0 Å². The Bertz CT molecular complexity index is 825. The molecule has 11 nitrogen and oxygen atoms in total. The maximum absolute atomic E-state index is 13.0. The SMILES string of the molecule is [N-]=[N+]=NCCOCCOCCOCCOCCC(=O)NCc1ccc(C2(C(F)(F)F)N=N2)cc1. The highest BCUT2D eigenvalue weighted by Crippen LogP contribution is 2.52. The fourth-order valence-corrected chi connectivity index (χ4v) is 2.66. The van der Waals surface area contributed by atoms with Crippen LogP contribution in [0.4, 0.5) is 13.2 Å². The number of hydrogen-bond donors (Lipinski definition) is 1. The fraction of sp³-hybridized carbons (Fsp3) is 0.650. The van der Waals surface area contributed by atoms with E-state index in [2.05, 4.69) is 25.6 Å². The van der Waals surface area contributed by atoms with E-state index in [1.54, 1.807) is 0 Å². The maximum atomic E-state index is 13.0. The zero-order valence-corrected chi connectivity index (χ0v) is 18.5.